The third kappa shape index (κ3) is 6.11. The minimum atomic E-state index is -0.619. The second kappa shape index (κ2) is 9.73. The summed E-state index contributed by atoms with van der Waals surface area (Å²) in [6.07, 6.45) is 0.0423. The van der Waals surface area contributed by atoms with E-state index in [1.807, 2.05) is 48.5 Å². The number of carbonyl (C=O) groups excluding carboxylic acids is 2. The Morgan fingerprint density at radius 2 is 1.63 bits per heavy atom. The van der Waals surface area contributed by atoms with Crippen molar-refractivity contribution in [3.63, 3.8) is 0 Å². The Balaban J connectivity index is 1.93. The summed E-state index contributed by atoms with van der Waals surface area (Å²) in [6, 6.07) is 16.4. The summed E-state index contributed by atoms with van der Waals surface area (Å²) in [5.74, 6) is -0.0314. The molecule has 6 heteroatoms. The first-order chi connectivity index (χ1) is 12.9. The number of anilines is 1. The molecule has 0 saturated carbocycles. The maximum absolute atomic E-state index is 12.5. The van der Waals surface area contributed by atoms with Gasteiger partial charge in [-0.3, -0.25) is 4.79 Å². The number of urea groups is 1. The minimum absolute atomic E-state index is 0.0314. The Bertz CT molecular complexity index is 762. The van der Waals surface area contributed by atoms with Gasteiger partial charge in [-0.2, -0.15) is 0 Å². The Morgan fingerprint density at radius 3 is 2.30 bits per heavy atom. The molecule has 0 saturated heterocycles. The number of hydrogen-bond donors (Lipinski definition) is 2. The normalized spacial score (nSPS) is 11.6. The van der Waals surface area contributed by atoms with Crippen LogP contribution in [0.4, 0.5) is 10.5 Å². The van der Waals surface area contributed by atoms with Gasteiger partial charge >= 0.3 is 6.03 Å². The van der Waals surface area contributed by atoms with Crippen LogP contribution in [-0.4, -0.2) is 54.5 Å². The SMILES string of the molecule is CN(C)C(=O)Cc1ccccc1NC(=O)N(C)CC[C@H](O)c1ccccc1. The molecule has 0 aliphatic rings. The Morgan fingerprint density at radius 1 is 1.00 bits per heavy atom. The monoisotopic (exact) mass is 369 g/mol. The van der Waals surface area contributed by atoms with Crippen molar-refractivity contribution in [1.82, 2.24) is 9.80 Å². The van der Waals surface area contributed by atoms with Gasteiger partial charge in [0.2, 0.25) is 5.91 Å². The number of likely N-dealkylation sites (N-methyl/N-ethyl adjacent to an activating group) is 1. The maximum Gasteiger partial charge on any atom is 0.321 e. The highest BCUT2D eigenvalue weighted by Gasteiger charge is 2.15. The highest BCUT2D eigenvalue weighted by molar-refractivity contribution is 5.91. The molecule has 0 bridgehead atoms. The topological polar surface area (TPSA) is 72.9 Å². The van der Waals surface area contributed by atoms with Crippen LogP contribution in [0.15, 0.2) is 54.6 Å². The van der Waals surface area contributed by atoms with Gasteiger partial charge < -0.3 is 20.2 Å². The molecule has 2 rings (SSSR count). The van der Waals surface area contributed by atoms with Gasteiger partial charge in [0.25, 0.3) is 0 Å². The zero-order valence-corrected chi connectivity index (χ0v) is 16.1. The first-order valence-corrected chi connectivity index (χ1v) is 8.91. The number of nitrogens with one attached hydrogen (secondary N) is 1. The molecule has 0 heterocycles. The molecule has 0 spiro atoms. The molecular formula is C21H27N3O3. The molecular weight excluding hydrogens is 342 g/mol. The van der Waals surface area contributed by atoms with Crippen molar-refractivity contribution in [2.75, 3.05) is 33.0 Å². The quantitative estimate of drug-likeness (QED) is 0.788. The van der Waals surface area contributed by atoms with Crippen LogP contribution in [0.5, 0.6) is 0 Å². The molecule has 2 aromatic carbocycles. The lowest BCUT2D eigenvalue weighted by Gasteiger charge is -2.21. The van der Waals surface area contributed by atoms with Crippen molar-refractivity contribution in [3.05, 3.63) is 65.7 Å². The molecule has 2 aromatic rings. The molecule has 2 N–H and O–H groups in total. The van der Waals surface area contributed by atoms with E-state index in [1.165, 1.54) is 9.80 Å². The van der Waals surface area contributed by atoms with Crippen molar-refractivity contribution >= 4 is 17.6 Å². The fraction of sp³-hybridized carbons (Fsp3) is 0.333. The van der Waals surface area contributed by atoms with Crippen molar-refractivity contribution in [1.29, 1.82) is 0 Å². The molecule has 6 nitrogen and oxygen atoms in total. The molecule has 0 unspecified atom stereocenters. The number of aliphatic hydroxyl groups is 1. The Labute approximate surface area is 160 Å². The van der Waals surface area contributed by atoms with Gasteiger partial charge in [-0.05, 0) is 23.6 Å². The van der Waals surface area contributed by atoms with Gasteiger partial charge in [-0.15, -0.1) is 0 Å². The van der Waals surface area contributed by atoms with Crippen molar-refractivity contribution in [2.45, 2.75) is 18.9 Å². The number of hydrogen-bond acceptors (Lipinski definition) is 3. The maximum atomic E-state index is 12.5. The fourth-order valence-corrected chi connectivity index (χ4v) is 2.59. The number of aliphatic hydroxyl groups excluding tert-OH is 1. The lowest BCUT2D eigenvalue weighted by molar-refractivity contribution is -0.127. The second-order valence-electron chi connectivity index (χ2n) is 6.69. The summed E-state index contributed by atoms with van der Waals surface area (Å²) in [4.78, 5) is 27.5. The van der Waals surface area contributed by atoms with Crippen LogP contribution in [0.3, 0.4) is 0 Å². The zero-order chi connectivity index (χ0) is 19.8. The molecule has 0 fully saturated rings. The summed E-state index contributed by atoms with van der Waals surface area (Å²) in [5, 5.41) is 13.1. The number of amides is 3. The van der Waals surface area contributed by atoms with Gasteiger partial charge in [0, 0.05) is 33.4 Å². The number of para-hydroxylation sites is 1. The van der Waals surface area contributed by atoms with E-state index < -0.39 is 6.10 Å². The molecule has 0 aliphatic carbocycles. The largest absolute Gasteiger partial charge is 0.388 e. The van der Waals surface area contributed by atoms with Crippen LogP contribution < -0.4 is 5.32 Å². The van der Waals surface area contributed by atoms with Crippen LogP contribution in [-0.2, 0) is 11.2 Å². The first-order valence-electron chi connectivity index (χ1n) is 8.91. The lowest BCUT2D eigenvalue weighted by atomic mass is 10.1. The van der Waals surface area contributed by atoms with E-state index in [4.69, 9.17) is 0 Å². The van der Waals surface area contributed by atoms with Crippen LogP contribution in [0.1, 0.15) is 23.7 Å². The van der Waals surface area contributed by atoms with Gasteiger partial charge in [-0.1, -0.05) is 48.5 Å². The third-order valence-electron chi connectivity index (χ3n) is 4.37. The Kier molecular flexibility index (Phi) is 7.37. The summed E-state index contributed by atoms with van der Waals surface area (Å²) in [5.41, 5.74) is 2.22. The molecule has 144 valence electrons. The lowest BCUT2D eigenvalue weighted by Crippen LogP contribution is -2.33. The van der Waals surface area contributed by atoms with Crippen molar-refractivity contribution < 1.29 is 14.7 Å². The smallest absolute Gasteiger partial charge is 0.321 e. The molecule has 27 heavy (non-hydrogen) atoms. The number of rotatable bonds is 7. The molecule has 1 atom stereocenters. The Hall–Kier alpha value is -2.86. The van der Waals surface area contributed by atoms with Gasteiger partial charge in [0.05, 0.1) is 12.5 Å². The van der Waals surface area contributed by atoms with E-state index in [0.29, 0.717) is 18.7 Å². The van der Waals surface area contributed by atoms with Gasteiger partial charge in [0.15, 0.2) is 0 Å². The molecule has 0 radical (unpaired) electrons. The van der Waals surface area contributed by atoms with Crippen LogP contribution >= 0.6 is 0 Å². The average Bonchev–Trinajstić information content (AvgIpc) is 2.67. The first kappa shape index (κ1) is 20.5. The number of nitrogens with zero attached hydrogens (tertiary/aromatic N) is 2. The van der Waals surface area contributed by atoms with Crippen molar-refractivity contribution in [3.8, 4) is 0 Å². The zero-order valence-electron chi connectivity index (χ0n) is 16.1. The number of benzene rings is 2. The number of carbonyl (C=O) groups is 2. The fourth-order valence-electron chi connectivity index (χ4n) is 2.59. The predicted octanol–water partition coefficient (Wildman–Crippen LogP) is 2.90. The van der Waals surface area contributed by atoms with Crippen LogP contribution in [0.2, 0.25) is 0 Å². The van der Waals surface area contributed by atoms with E-state index in [0.717, 1.165) is 11.1 Å². The van der Waals surface area contributed by atoms with E-state index in [-0.39, 0.29) is 18.4 Å². The standard InChI is InChI=1S/C21H27N3O3/c1-23(2)20(26)15-17-11-7-8-12-18(17)22-21(27)24(3)14-13-19(25)16-9-5-4-6-10-16/h4-12,19,25H,13-15H2,1-3H3,(H,22,27)/t19-/m0/s1. The highest BCUT2D eigenvalue weighted by atomic mass is 16.3. The van der Waals surface area contributed by atoms with E-state index in [9.17, 15) is 14.7 Å². The summed E-state index contributed by atoms with van der Waals surface area (Å²) < 4.78 is 0. The van der Waals surface area contributed by atoms with Gasteiger partial charge in [-0.25, -0.2) is 4.79 Å². The second-order valence-corrected chi connectivity index (χ2v) is 6.69. The van der Waals surface area contributed by atoms with E-state index in [2.05, 4.69) is 5.32 Å². The molecule has 0 aromatic heterocycles. The van der Waals surface area contributed by atoms with Gasteiger partial charge in [0.1, 0.15) is 0 Å². The van der Waals surface area contributed by atoms with Crippen LogP contribution in [0, 0.1) is 0 Å². The summed E-state index contributed by atoms with van der Waals surface area (Å²) >= 11 is 0. The minimum Gasteiger partial charge on any atom is -0.388 e. The molecule has 3 amide bonds. The summed E-state index contributed by atoms with van der Waals surface area (Å²) in [7, 11) is 5.09. The summed E-state index contributed by atoms with van der Waals surface area (Å²) in [6.45, 7) is 0.403. The van der Waals surface area contributed by atoms with Crippen molar-refractivity contribution in [2.24, 2.45) is 0 Å². The highest BCUT2D eigenvalue weighted by Crippen LogP contribution is 2.18. The van der Waals surface area contributed by atoms with E-state index in [1.54, 1.807) is 27.2 Å². The third-order valence-corrected chi connectivity index (χ3v) is 4.37. The average molecular weight is 369 g/mol. The molecule has 0 aliphatic heterocycles. The van der Waals surface area contributed by atoms with E-state index >= 15 is 0 Å². The predicted molar refractivity (Wildman–Crippen MR) is 107 cm³/mol. The van der Waals surface area contributed by atoms with Crippen LogP contribution in [0.25, 0.3) is 0 Å².